The highest BCUT2D eigenvalue weighted by atomic mass is 16.6. The lowest BCUT2D eigenvalue weighted by Crippen LogP contribution is -2.17. The molecule has 2 atom stereocenters. The van der Waals surface area contributed by atoms with E-state index in [4.69, 9.17) is 5.84 Å². The van der Waals surface area contributed by atoms with E-state index in [2.05, 4.69) is 20.7 Å². The van der Waals surface area contributed by atoms with Crippen molar-refractivity contribution in [2.45, 2.75) is 32.3 Å². The summed E-state index contributed by atoms with van der Waals surface area (Å²) >= 11 is 0. The van der Waals surface area contributed by atoms with Crippen LogP contribution in [0.3, 0.4) is 0 Å². The highest BCUT2D eigenvalue weighted by molar-refractivity contribution is 5.60. The third-order valence-corrected chi connectivity index (χ3v) is 3.44. The smallest absolute Gasteiger partial charge is 0.332 e. The van der Waals surface area contributed by atoms with E-state index in [0.717, 1.165) is 12.8 Å². The van der Waals surface area contributed by atoms with Gasteiger partial charge in [-0.1, -0.05) is 0 Å². The second-order valence-electron chi connectivity index (χ2n) is 4.95. The van der Waals surface area contributed by atoms with E-state index in [0.29, 0.717) is 13.0 Å². The third-order valence-electron chi connectivity index (χ3n) is 3.44. The number of aliphatic hydroxyl groups excluding tert-OH is 1. The van der Waals surface area contributed by atoms with Gasteiger partial charge in [-0.15, -0.1) is 0 Å². The Morgan fingerprint density at radius 2 is 2.25 bits per heavy atom. The quantitative estimate of drug-likeness (QED) is 0.349. The van der Waals surface area contributed by atoms with Crippen molar-refractivity contribution in [3.63, 3.8) is 0 Å². The number of nitrogens with two attached hydrogens (primary N) is 1. The minimum Gasteiger partial charge on any atom is -0.393 e. The summed E-state index contributed by atoms with van der Waals surface area (Å²) in [4.78, 5) is 18.5. The minimum absolute atomic E-state index is 0.127. The molecule has 0 spiro atoms. The molecule has 0 amide bonds. The number of anilines is 2. The Morgan fingerprint density at radius 1 is 1.50 bits per heavy atom. The standard InChI is InChI=1S/C11H18N6O3/c1-6-9(17(19)20)10(15-11(14-6)16-12)13-5-7-2-3-8(18)4-7/h7-8,18H,2-5,12H2,1H3,(H2,13,14,15,16). The number of nitrogens with zero attached hydrogens (tertiary/aromatic N) is 3. The van der Waals surface area contributed by atoms with Crippen molar-refractivity contribution in [1.29, 1.82) is 0 Å². The molecule has 9 nitrogen and oxygen atoms in total. The molecule has 1 aliphatic rings. The van der Waals surface area contributed by atoms with Crippen molar-refractivity contribution in [3.8, 4) is 0 Å². The lowest BCUT2D eigenvalue weighted by atomic mass is 10.1. The van der Waals surface area contributed by atoms with Gasteiger partial charge in [-0.05, 0) is 32.1 Å². The Balaban J connectivity index is 2.16. The molecule has 0 aromatic carbocycles. The third kappa shape index (κ3) is 3.11. The molecule has 2 rings (SSSR count). The van der Waals surface area contributed by atoms with Crippen LogP contribution in [0.4, 0.5) is 17.5 Å². The summed E-state index contributed by atoms with van der Waals surface area (Å²) in [6, 6.07) is 0. The predicted molar refractivity (Wildman–Crippen MR) is 73.1 cm³/mol. The Hall–Kier alpha value is -2.00. The minimum atomic E-state index is -0.512. The Bertz CT molecular complexity index is 509. The zero-order chi connectivity index (χ0) is 14.7. The molecular weight excluding hydrogens is 264 g/mol. The lowest BCUT2D eigenvalue weighted by Gasteiger charge is -2.13. The Morgan fingerprint density at radius 3 is 2.80 bits per heavy atom. The van der Waals surface area contributed by atoms with Gasteiger partial charge < -0.3 is 10.4 Å². The molecule has 2 unspecified atom stereocenters. The largest absolute Gasteiger partial charge is 0.393 e. The number of aromatic nitrogens is 2. The normalized spacial score (nSPS) is 21.8. The molecule has 1 aliphatic carbocycles. The molecule has 1 aromatic rings. The Kier molecular flexibility index (Phi) is 4.30. The van der Waals surface area contributed by atoms with Crippen LogP contribution in [-0.2, 0) is 0 Å². The molecule has 0 aliphatic heterocycles. The van der Waals surface area contributed by atoms with E-state index < -0.39 is 4.92 Å². The molecule has 1 aromatic heterocycles. The van der Waals surface area contributed by atoms with E-state index >= 15 is 0 Å². The first-order valence-corrected chi connectivity index (χ1v) is 6.42. The van der Waals surface area contributed by atoms with Crippen LogP contribution >= 0.6 is 0 Å². The van der Waals surface area contributed by atoms with Gasteiger partial charge in [0.15, 0.2) is 0 Å². The van der Waals surface area contributed by atoms with Crippen LogP contribution < -0.4 is 16.6 Å². The van der Waals surface area contributed by atoms with Gasteiger partial charge in [-0.25, -0.2) is 10.8 Å². The molecule has 20 heavy (non-hydrogen) atoms. The second-order valence-corrected chi connectivity index (χ2v) is 4.95. The summed E-state index contributed by atoms with van der Waals surface area (Å²) in [7, 11) is 0. The van der Waals surface area contributed by atoms with Gasteiger partial charge in [0, 0.05) is 6.54 Å². The number of nitro groups is 1. The number of nitrogens with one attached hydrogen (secondary N) is 2. The zero-order valence-electron chi connectivity index (χ0n) is 11.2. The first-order chi connectivity index (χ1) is 9.51. The molecule has 110 valence electrons. The maximum Gasteiger partial charge on any atom is 0.332 e. The second kappa shape index (κ2) is 5.97. The van der Waals surface area contributed by atoms with Crippen LogP contribution in [0.2, 0.25) is 0 Å². The molecule has 0 saturated heterocycles. The molecule has 1 saturated carbocycles. The predicted octanol–water partition coefficient (Wildman–Crippen LogP) is 0.552. The van der Waals surface area contributed by atoms with Crippen LogP contribution in [-0.4, -0.2) is 32.6 Å². The fraction of sp³-hybridized carbons (Fsp3) is 0.636. The molecule has 1 fully saturated rings. The summed E-state index contributed by atoms with van der Waals surface area (Å²) in [5.74, 6) is 5.81. The number of hydrogen-bond donors (Lipinski definition) is 4. The van der Waals surface area contributed by atoms with E-state index in [1.807, 2.05) is 0 Å². The SMILES string of the molecule is Cc1nc(NN)nc(NCC2CCC(O)C2)c1[N+](=O)[O-]. The van der Waals surface area contributed by atoms with Crippen molar-refractivity contribution < 1.29 is 10.0 Å². The van der Waals surface area contributed by atoms with E-state index in [1.54, 1.807) is 0 Å². The van der Waals surface area contributed by atoms with Crippen LogP contribution in [0, 0.1) is 23.0 Å². The van der Waals surface area contributed by atoms with Gasteiger partial charge in [0.25, 0.3) is 0 Å². The first kappa shape index (κ1) is 14.4. The van der Waals surface area contributed by atoms with Gasteiger partial charge >= 0.3 is 5.69 Å². The van der Waals surface area contributed by atoms with Crippen LogP contribution in [0.25, 0.3) is 0 Å². The molecule has 5 N–H and O–H groups in total. The molecule has 1 heterocycles. The van der Waals surface area contributed by atoms with Crippen LogP contribution in [0.15, 0.2) is 0 Å². The number of aryl methyl sites for hydroxylation is 1. The summed E-state index contributed by atoms with van der Waals surface area (Å²) in [5.41, 5.74) is 2.38. The summed E-state index contributed by atoms with van der Waals surface area (Å²) in [6.07, 6.45) is 2.10. The van der Waals surface area contributed by atoms with Crippen LogP contribution in [0.1, 0.15) is 25.0 Å². The number of nitrogen functional groups attached to an aromatic ring is 1. The van der Waals surface area contributed by atoms with E-state index in [1.165, 1.54) is 6.92 Å². The van der Waals surface area contributed by atoms with E-state index in [9.17, 15) is 15.2 Å². The van der Waals surface area contributed by atoms with Crippen molar-refractivity contribution in [2.24, 2.45) is 11.8 Å². The monoisotopic (exact) mass is 282 g/mol. The maximum atomic E-state index is 11.1. The highest BCUT2D eigenvalue weighted by Crippen LogP contribution is 2.29. The summed E-state index contributed by atoms with van der Waals surface area (Å²) < 4.78 is 0. The van der Waals surface area contributed by atoms with Crippen molar-refractivity contribution in [3.05, 3.63) is 15.8 Å². The van der Waals surface area contributed by atoms with Crippen molar-refractivity contribution >= 4 is 17.5 Å². The fourth-order valence-corrected chi connectivity index (χ4v) is 2.45. The van der Waals surface area contributed by atoms with Crippen molar-refractivity contribution in [2.75, 3.05) is 17.3 Å². The summed E-state index contributed by atoms with van der Waals surface area (Å²) in [6.45, 7) is 2.06. The van der Waals surface area contributed by atoms with Gasteiger partial charge in [0.05, 0.1) is 11.0 Å². The highest BCUT2D eigenvalue weighted by Gasteiger charge is 2.25. The topological polar surface area (TPSA) is 139 Å². The number of hydrazine groups is 1. The Labute approximate surface area is 115 Å². The number of rotatable bonds is 5. The first-order valence-electron chi connectivity index (χ1n) is 6.42. The fourth-order valence-electron chi connectivity index (χ4n) is 2.45. The molecule has 0 bridgehead atoms. The van der Waals surface area contributed by atoms with Gasteiger partial charge in [-0.2, -0.15) is 4.98 Å². The number of aliphatic hydroxyl groups is 1. The zero-order valence-corrected chi connectivity index (χ0v) is 11.2. The summed E-state index contributed by atoms with van der Waals surface area (Å²) in [5, 5.41) is 23.5. The molecular formula is C11H18N6O3. The van der Waals surface area contributed by atoms with Gasteiger partial charge in [0.2, 0.25) is 11.8 Å². The van der Waals surface area contributed by atoms with Crippen LogP contribution in [0.5, 0.6) is 0 Å². The van der Waals surface area contributed by atoms with Crippen molar-refractivity contribution in [1.82, 2.24) is 9.97 Å². The molecule has 9 heteroatoms. The maximum absolute atomic E-state index is 11.1. The van der Waals surface area contributed by atoms with E-state index in [-0.39, 0.29) is 35.2 Å². The lowest BCUT2D eigenvalue weighted by molar-refractivity contribution is -0.385. The average Bonchev–Trinajstić information content (AvgIpc) is 2.81. The average molecular weight is 282 g/mol. The van der Waals surface area contributed by atoms with Gasteiger partial charge in [0.1, 0.15) is 5.69 Å². The molecule has 0 radical (unpaired) electrons. The van der Waals surface area contributed by atoms with Gasteiger partial charge in [-0.3, -0.25) is 15.5 Å². The number of hydrogen-bond acceptors (Lipinski definition) is 8.